The van der Waals surface area contributed by atoms with E-state index in [1.54, 1.807) is 16.7 Å². The second-order valence-electron chi connectivity index (χ2n) is 6.87. The highest BCUT2D eigenvalue weighted by Crippen LogP contribution is 2.51. The SMILES string of the molecule is CC(C)c1cccc2c1C(C)(C)CC2(C)C. The van der Waals surface area contributed by atoms with Gasteiger partial charge >= 0.3 is 0 Å². The summed E-state index contributed by atoms with van der Waals surface area (Å²) >= 11 is 0. The van der Waals surface area contributed by atoms with Crippen LogP contribution in [0.2, 0.25) is 0 Å². The molecule has 0 saturated carbocycles. The Morgan fingerprint density at radius 2 is 1.62 bits per heavy atom. The maximum absolute atomic E-state index is 2.40. The third kappa shape index (κ3) is 1.59. The van der Waals surface area contributed by atoms with Gasteiger partial charge < -0.3 is 0 Å². The van der Waals surface area contributed by atoms with Gasteiger partial charge in [0.25, 0.3) is 0 Å². The van der Waals surface area contributed by atoms with Gasteiger partial charge in [-0.05, 0) is 39.9 Å². The van der Waals surface area contributed by atoms with Crippen LogP contribution in [0.3, 0.4) is 0 Å². The van der Waals surface area contributed by atoms with Crippen LogP contribution in [-0.2, 0) is 10.8 Å². The average molecular weight is 216 g/mol. The van der Waals surface area contributed by atoms with Gasteiger partial charge in [0.2, 0.25) is 0 Å². The fourth-order valence-electron chi connectivity index (χ4n) is 3.66. The van der Waals surface area contributed by atoms with E-state index in [0.29, 0.717) is 16.7 Å². The van der Waals surface area contributed by atoms with Gasteiger partial charge in [-0.15, -0.1) is 0 Å². The molecule has 16 heavy (non-hydrogen) atoms. The van der Waals surface area contributed by atoms with E-state index < -0.39 is 0 Å². The van der Waals surface area contributed by atoms with Crippen molar-refractivity contribution in [2.24, 2.45) is 0 Å². The molecule has 88 valence electrons. The first-order valence-electron chi connectivity index (χ1n) is 6.39. The lowest BCUT2D eigenvalue weighted by Gasteiger charge is -2.24. The standard InChI is InChI=1S/C16H24/c1-11(2)12-8-7-9-13-14(12)16(5,6)10-15(13,3)4/h7-9,11H,10H2,1-6H3. The summed E-state index contributed by atoms with van der Waals surface area (Å²) in [6.07, 6.45) is 1.26. The van der Waals surface area contributed by atoms with E-state index in [2.05, 4.69) is 59.7 Å². The van der Waals surface area contributed by atoms with Crippen LogP contribution in [0.15, 0.2) is 18.2 Å². The molecule has 1 aromatic rings. The Bertz CT molecular complexity index is 408. The molecule has 1 aromatic carbocycles. The molecular weight excluding hydrogens is 192 g/mol. The van der Waals surface area contributed by atoms with Gasteiger partial charge in [0.15, 0.2) is 0 Å². The smallest absolute Gasteiger partial charge is 0.00895 e. The molecule has 0 fully saturated rings. The van der Waals surface area contributed by atoms with E-state index in [-0.39, 0.29) is 0 Å². The predicted molar refractivity (Wildman–Crippen MR) is 71.2 cm³/mol. The first kappa shape index (κ1) is 11.7. The summed E-state index contributed by atoms with van der Waals surface area (Å²) in [7, 11) is 0. The van der Waals surface area contributed by atoms with Crippen molar-refractivity contribution in [1.29, 1.82) is 0 Å². The second kappa shape index (κ2) is 3.35. The summed E-state index contributed by atoms with van der Waals surface area (Å²) < 4.78 is 0. The van der Waals surface area contributed by atoms with Crippen LogP contribution in [0.25, 0.3) is 0 Å². The number of hydrogen-bond acceptors (Lipinski definition) is 0. The molecule has 1 aliphatic carbocycles. The molecule has 0 heterocycles. The molecule has 0 amide bonds. The largest absolute Gasteiger partial charge is 0.0617 e. The van der Waals surface area contributed by atoms with Crippen molar-refractivity contribution in [3.63, 3.8) is 0 Å². The normalized spacial score (nSPS) is 21.2. The Labute approximate surface area is 100 Å². The topological polar surface area (TPSA) is 0 Å². The highest BCUT2D eigenvalue weighted by atomic mass is 14.5. The maximum Gasteiger partial charge on any atom is -0.00895 e. The highest BCUT2D eigenvalue weighted by molar-refractivity contribution is 5.50. The monoisotopic (exact) mass is 216 g/mol. The lowest BCUT2D eigenvalue weighted by atomic mass is 9.80. The Hall–Kier alpha value is -0.780. The van der Waals surface area contributed by atoms with E-state index in [1.807, 2.05) is 0 Å². The van der Waals surface area contributed by atoms with Crippen LogP contribution in [0.5, 0.6) is 0 Å². The van der Waals surface area contributed by atoms with Crippen molar-refractivity contribution in [1.82, 2.24) is 0 Å². The van der Waals surface area contributed by atoms with Gasteiger partial charge in [-0.1, -0.05) is 59.7 Å². The quantitative estimate of drug-likeness (QED) is 0.634. The minimum Gasteiger partial charge on any atom is -0.0617 e. The predicted octanol–water partition coefficient (Wildman–Crippen LogP) is 4.77. The van der Waals surface area contributed by atoms with E-state index >= 15 is 0 Å². The molecule has 2 rings (SSSR count). The molecule has 0 aliphatic heterocycles. The summed E-state index contributed by atoms with van der Waals surface area (Å²) in [5.41, 5.74) is 5.41. The zero-order valence-electron chi connectivity index (χ0n) is 11.5. The van der Waals surface area contributed by atoms with Gasteiger partial charge in [0, 0.05) is 0 Å². The molecule has 0 spiro atoms. The summed E-state index contributed by atoms with van der Waals surface area (Å²) in [6, 6.07) is 6.87. The van der Waals surface area contributed by atoms with E-state index in [4.69, 9.17) is 0 Å². The molecule has 0 aromatic heterocycles. The average Bonchev–Trinajstić information content (AvgIpc) is 2.33. The van der Waals surface area contributed by atoms with Crippen LogP contribution in [-0.4, -0.2) is 0 Å². The van der Waals surface area contributed by atoms with Crippen LogP contribution in [0, 0.1) is 0 Å². The van der Waals surface area contributed by atoms with E-state index in [0.717, 1.165) is 0 Å². The van der Waals surface area contributed by atoms with Gasteiger partial charge in [-0.3, -0.25) is 0 Å². The minimum absolute atomic E-state index is 0.333. The maximum atomic E-state index is 2.40. The van der Waals surface area contributed by atoms with Crippen LogP contribution >= 0.6 is 0 Å². The summed E-state index contributed by atoms with van der Waals surface area (Å²) in [5, 5.41) is 0. The molecule has 0 N–H and O–H groups in total. The van der Waals surface area contributed by atoms with Crippen molar-refractivity contribution >= 4 is 0 Å². The Balaban J connectivity index is 2.71. The van der Waals surface area contributed by atoms with Crippen LogP contribution < -0.4 is 0 Å². The Morgan fingerprint density at radius 3 is 2.19 bits per heavy atom. The number of benzene rings is 1. The molecule has 0 unspecified atom stereocenters. The lowest BCUT2D eigenvalue weighted by Crippen LogP contribution is -2.18. The first-order chi connectivity index (χ1) is 7.26. The fraction of sp³-hybridized carbons (Fsp3) is 0.625. The minimum atomic E-state index is 0.333. The molecule has 0 atom stereocenters. The second-order valence-corrected chi connectivity index (χ2v) is 6.87. The zero-order chi connectivity index (χ0) is 12.1. The van der Waals surface area contributed by atoms with Crippen molar-refractivity contribution in [3.8, 4) is 0 Å². The van der Waals surface area contributed by atoms with Gasteiger partial charge in [0.05, 0.1) is 0 Å². The third-order valence-corrected chi connectivity index (χ3v) is 4.01. The number of rotatable bonds is 1. The Morgan fingerprint density at radius 1 is 1.00 bits per heavy atom. The van der Waals surface area contributed by atoms with Gasteiger partial charge in [0.1, 0.15) is 0 Å². The van der Waals surface area contributed by atoms with Crippen molar-refractivity contribution < 1.29 is 0 Å². The highest BCUT2D eigenvalue weighted by Gasteiger charge is 2.43. The molecule has 0 heteroatoms. The molecular formula is C16H24. The number of hydrogen-bond donors (Lipinski definition) is 0. The molecule has 0 nitrogen and oxygen atoms in total. The zero-order valence-corrected chi connectivity index (χ0v) is 11.5. The van der Waals surface area contributed by atoms with E-state index in [1.165, 1.54) is 6.42 Å². The summed E-state index contributed by atoms with van der Waals surface area (Å²) in [6.45, 7) is 14.2. The fourth-order valence-corrected chi connectivity index (χ4v) is 3.66. The van der Waals surface area contributed by atoms with Crippen molar-refractivity contribution in [2.45, 2.75) is 64.7 Å². The first-order valence-corrected chi connectivity index (χ1v) is 6.39. The summed E-state index contributed by atoms with van der Waals surface area (Å²) in [5.74, 6) is 0.628. The van der Waals surface area contributed by atoms with Gasteiger partial charge in [-0.2, -0.15) is 0 Å². The van der Waals surface area contributed by atoms with E-state index in [9.17, 15) is 0 Å². The van der Waals surface area contributed by atoms with Crippen molar-refractivity contribution in [2.75, 3.05) is 0 Å². The third-order valence-electron chi connectivity index (χ3n) is 4.01. The molecule has 0 radical (unpaired) electrons. The van der Waals surface area contributed by atoms with Crippen molar-refractivity contribution in [3.05, 3.63) is 34.9 Å². The van der Waals surface area contributed by atoms with Gasteiger partial charge in [-0.25, -0.2) is 0 Å². The number of fused-ring (bicyclic) bond motifs is 1. The molecule has 0 saturated heterocycles. The van der Waals surface area contributed by atoms with Crippen LogP contribution in [0.1, 0.15) is 70.6 Å². The molecule has 1 aliphatic rings. The van der Waals surface area contributed by atoms with Crippen LogP contribution in [0.4, 0.5) is 0 Å². The lowest BCUT2D eigenvalue weighted by molar-refractivity contribution is 0.401. The summed E-state index contributed by atoms with van der Waals surface area (Å²) in [4.78, 5) is 0. The Kier molecular flexibility index (Phi) is 2.45. The molecule has 0 bridgehead atoms.